The molecule has 0 spiro atoms. The molecule has 0 radical (unpaired) electrons. The molecule has 5 atom stereocenters. The Hall–Kier alpha value is -2.59. The average molecular weight is 414 g/mol. The highest BCUT2D eigenvalue weighted by Gasteiger charge is 2.39. The van der Waals surface area contributed by atoms with E-state index in [1.165, 1.54) is 6.33 Å². The van der Waals surface area contributed by atoms with Crippen molar-refractivity contribution in [2.45, 2.75) is 43.9 Å². The fraction of sp³-hybridized carbons (Fsp3) is 0.476. The second-order valence-corrected chi connectivity index (χ2v) is 7.82. The lowest BCUT2D eigenvalue weighted by Crippen LogP contribution is -2.39. The summed E-state index contributed by atoms with van der Waals surface area (Å²) in [5.74, 6) is 0.681. The number of aryl methyl sites for hydroxylation is 1. The van der Waals surface area contributed by atoms with E-state index < -0.39 is 24.5 Å². The monoisotopic (exact) mass is 414 g/mol. The van der Waals surface area contributed by atoms with Crippen LogP contribution in [0.25, 0.3) is 11.2 Å². The van der Waals surface area contributed by atoms with Gasteiger partial charge in [0.05, 0.1) is 31.9 Å². The first-order valence-corrected chi connectivity index (χ1v) is 10.0. The third-order valence-corrected chi connectivity index (χ3v) is 5.92. The molecule has 3 N–H and O–H groups in total. The maximum Gasteiger partial charge on any atom is 0.309 e. The topological polar surface area (TPSA) is 108 Å². The molecule has 1 aromatic carbocycles. The SMILES string of the molecule is CC(C(O)c1ccccc1)N(C)c1ncnc2c1n(C)c[n+]2C1CC(O)C(CO)O1. The molecule has 1 aliphatic heterocycles. The predicted molar refractivity (Wildman–Crippen MR) is 110 cm³/mol. The molecule has 9 heteroatoms. The van der Waals surface area contributed by atoms with E-state index in [-0.39, 0.29) is 12.6 Å². The molecule has 4 rings (SSSR count). The average Bonchev–Trinajstić information content (AvgIpc) is 3.32. The van der Waals surface area contributed by atoms with Crippen LogP contribution in [0.1, 0.15) is 31.2 Å². The number of hydrogen-bond donors (Lipinski definition) is 3. The number of aliphatic hydroxyl groups is 3. The Bertz CT molecular complexity index is 1010. The molecular weight excluding hydrogens is 386 g/mol. The summed E-state index contributed by atoms with van der Waals surface area (Å²) in [4.78, 5) is 10.9. The molecule has 3 aromatic rings. The Balaban J connectivity index is 1.68. The lowest BCUT2D eigenvalue weighted by Gasteiger charge is -2.29. The summed E-state index contributed by atoms with van der Waals surface area (Å²) in [6.45, 7) is 1.71. The first kappa shape index (κ1) is 20.7. The molecule has 0 saturated carbocycles. The van der Waals surface area contributed by atoms with Crippen LogP contribution in [0, 0.1) is 0 Å². The number of nitrogens with zero attached hydrogens (tertiary/aromatic N) is 5. The third kappa shape index (κ3) is 3.54. The highest BCUT2D eigenvalue weighted by molar-refractivity contribution is 5.81. The van der Waals surface area contributed by atoms with Gasteiger partial charge in [0, 0.05) is 13.5 Å². The van der Waals surface area contributed by atoms with Crippen molar-refractivity contribution >= 4 is 17.0 Å². The van der Waals surface area contributed by atoms with E-state index in [1.54, 1.807) is 0 Å². The van der Waals surface area contributed by atoms with Gasteiger partial charge in [-0.25, -0.2) is 4.57 Å². The molecule has 0 bridgehead atoms. The van der Waals surface area contributed by atoms with Crippen LogP contribution in [0.4, 0.5) is 5.82 Å². The van der Waals surface area contributed by atoms with Crippen molar-refractivity contribution in [3.05, 3.63) is 48.5 Å². The van der Waals surface area contributed by atoms with Gasteiger partial charge in [-0.1, -0.05) is 35.3 Å². The van der Waals surface area contributed by atoms with Gasteiger partial charge in [-0.05, 0) is 12.5 Å². The normalized spacial score (nSPS) is 23.6. The van der Waals surface area contributed by atoms with Crippen LogP contribution in [0.15, 0.2) is 43.0 Å². The smallest absolute Gasteiger partial charge is 0.309 e. The Morgan fingerprint density at radius 2 is 2.03 bits per heavy atom. The van der Waals surface area contributed by atoms with E-state index in [2.05, 4.69) is 9.97 Å². The zero-order valence-electron chi connectivity index (χ0n) is 17.3. The quantitative estimate of drug-likeness (QED) is 0.503. The Morgan fingerprint density at radius 1 is 1.30 bits per heavy atom. The second kappa shape index (κ2) is 8.27. The summed E-state index contributed by atoms with van der Waals surface area (Å²) >= 11 is 0. The number of fused-ring (bicyclic) bond motifs is 1. The van der Waals surface area contributed by atoms with Crippen LogP contribution in [0.2, 0.25) is 0 Å². The number of anilines is 1. The largest absolute Gasteiger partial charge is 0.394 e. The van der Waals surface area contributed by atoms with Gasteiger partial charge in [0.15, 0.2) is 24.7 Å². The van der Waals surface area contributed by atoms with Crippen LogP contribution in [-0.4, -0.2) is 61.8 Å². The summed E-state index contributed by atoms with van der Waals surface area (Å²) in [6.07, 6.45) is 1.25. The number of likely N-dealkylation sites (N-methyl/N-ethyl adjacent to an activating group) is 1. The van der Waals surface area contributed by atoms with Crippen molar-refractivity contribution in [1.82, 2.24) is 14.5 Å². The van der Waals surface area contributed by atoms with E-state index in [0.717, 1.165) is 11.1 Å². The number of rotatable bonds is 6. The van der Waals surface area contributed by atoms with Crippen LogP contribution < -0.4 is 9.47 Å². The van der Waals surface area contributed by atoms with E-state index in [0.29, 0.717) is 17.9 Å². The van der Waals surface area contributed by atoms with Gasteiger partial charge in [-0.2, -0.15) is 4.98 Å². The number of benzene rings is 1. The lowest BCUT2D eigenvalue weighted by atomic mass is 10.0. The van der Waals surface area contributed by atoms with Crippen LogP contribution in [-0.2, 0) is 11.8 Å². The molecule has 30 heavy (non-hydrogen) atoms. The number of imidazole rings is 1. The standard InChI is InChI=1S/C21H28N5O4/c1-13(19(29)14-7-5-4-6-8-14)25(3)20-18-21(23-11-22-20)26(12-24(18)2)17-9-15(28)16(10-27)30-17/h4-8,11-13,15-17,19,27-29H,9-10H2,1-3H3/q+1. The minimum absolute atomic E-state index is 0.235. The maximum absolute atomic E-state index is 10.9. The van der Waals surface area contributed by atoms with Gasteiger partial charge >= 0.3 is 5.65 Å². The number of ether oxygens (including phenoxy) is 1. The number of aromatic nitrogens is 4. The first-order chi connectivity index (χ1) is 14.4. The summed E-state index contributed by atoms with van der Waals surface area (Å²) in [6, 6.07) is 9.30. The van der Waals surface area contributed by atoms with Gasteiger partial charge in [0.2, 0.25) is 5.52 Å². The van der Waals surface area contributed by atoms with Gasteiger partial charge in [-0.15, -0.1) is 0 Å². The van der Waals surface area contributed by atoms with E-state index in [4.69, 9.17) is 4.74 Å². The zero-order valence-corrected chi connectivity index (χ0v) is 17.3. The Kier molecular flexibility index (Phi) is 5.70. The minimum Gasteiger partial charge on any atom is -0.394 e. The molecule has 2 aromatic heterocycles. The molecule has 0 aliphatic carbocycles. The number of hydrogen-bond acceptors (Lipinski definition) is 7. The molecule has 9 nitrogen and oxygen atoms in total. The molecule has 160 valence electrons. The highest BCUT2D eigenvalue weighted by atomic mass is 16.5. The molecular formula is C21H28N5O4+. The lowest BCUT2D eigenvalue weighted by molar-refractivity contribution is -0.739. The van der Waals surface area contributed by atoms with Crippen molar-refractivity contribution in [2.75, 3.05) is 18.6 Å². The third-order valence-electron chi connectivity index (χ3n) is 5.92. The molecule has 1 aliphatic rings. The second-order valence-electron chi connectivity index (χ2n) is 7.82. The molecule has 1 fully saturated rings. The Labute approximate surface area is 174 Å². The molecule has 1 saturated heterocycles. The van der Waals surface area contributed by atoms with Crippen molar-refractivity contribution < 1.29 is 24.6 Å². The summed E-state index contributed by atoms with van der Waals surface area (Å²) in [5, 5.41) is 30.4. The van der Waals surface area contributed by atoms with Crippen molar-refractivity contribution in [3.8, 4) is 0 Å². The van der Waals surface area contributed by atoms with Gasteiger partial charge in [0.1, 0.15) is 6.10 Å². The van der Waals surface area contributed by atoms with Crippen LogP contribution in [0.5, 0.6) is 0 Å². The molecule has 0 amide bonds. The maximum atomic E-state index is 10.9. The van der Waals surface area contributed by atoms with Gasteiger partial charge < -0.3 is 25.0 Å². The Morgan fingerprint density at radius 3 is 2.70 bits per heavy atom. The first-order valence-electron chi connectivity index (χ1n) is 10.0. The van der Waals surface area contributed by atoms with E-state index >= 15 is 0 Å². The van der Waals surface area contributed by atoms with Crippen molar-refractivity contribution in [1.29, 1.82) is 0 Å². The van der Waals surface area contributed by atoms with Crippen molar-refractivity contribution in [2.24, 2.45) is 7.05 Å². The fourth-order valence-electron chi connectivity index (χ4n) is 4.02. The summed E-state index contributed by atoms with van der Waals surface area (Å²) in [5.41, 5.74) is 2.29. The van der Waals surface area contributed by atoms with E-state index in [9.17, 15) is 15.3 Å². The van der Waals surface area contributed by atoms with E-state index in [1.807, 2.05) is 71.7 Å². The van der Waals surface area contributed by atoms with Crippen LogP contribution in [0.3, 0.4) is 0 Å². The molecule has 5 unspecified atom stereocenters. The van der Waals surface area contributed by atoms with Gasteiger partial charge in [-0.3, -0.25) is 4.57 Å². The fourth-order valence-corrected chi connectivity index (χ4v) is 4.02. The summed E-state index contributed by atoms with van der Waals surface area (Å²) < 4.78 is 9.57. The van der Waals surface area contributed by atoms with Crippen molar-refractivity contribution in [3.63, 3.8) is 0 Å². The predicted octanol–water partition coefficient (Wildman–Crippen LogP) is 0.455. The minimum atomic E-state index is -0.729. The molecule has 3 heterocycles. The van der Waals surface area contributed by atoms with Crippen LogP contribution >= 0.6 is 0 Å². The highest BCUT2D eigenvalue weighted by Crippen LogP contribution is 2.30. The number of aliphatic hydroxyl groups excluding tert-OH is 3. The van der Waals surface area contributed by atoms with Gasteiger partial charge in [0.25, 0.3) is 0 Å². The zero-order chi connectivity index (χ0) is 21.4. The summed E-state index contributed by atoms with van der Waals surface area (Å²) in [7, 11) is 3.79.